The first kappa shape index (κ1) is 26.2. The van der Waals surface area contributed by atoms with Crippen LogP contribution >= 0.6 is 0 Å². The number of aliphatic imine (C=N–C) groups is 1. The highest BCUT2D eigenvalue weighted by atomic mass is 16.6. The molecule has 1 fully saturated rings. The molecule has 1 aliphatic carbocycles. The van der Waals surface area contributed by atoms with Crippen molar-refractivity contribution in [2.45, 2.75) is 84.3 Å². The summed E-state index contributed by atoms with van der Waals surface area (Å²) in [4.78, 5) is 42.3. The standard InChI is InChI=1S/C32H35N5O3/c1-17(2)26-33-15-19(4)27(35-26)36-28-22-10-9-20(13-21(22)16-34-28)24-14-32(24)23-12-18(3)8-11-25(23)37(29(32)38)30(39)40-31(5,6)7/h8-13,15,17,24H,14,16H2,1-7H3,(H,33,34,35,36)/t24-,32-/m0/s1. The lowest BCUT2D eigenvalue weighted by Crippen LogP contribution is -2.41. The van der Waals surface area contributed by atoms with Gasteiger partial charge in [-0.15, -0.1) is 0 Å². The van der Waals surface area contributed by atoms with E-state index in [0.29, 0.717) is 18.7 Å². The lowest BCUT2D eigenvalue weighted by Gasteiger charge is -2.24. The topological polar surface area (TPSA) is 96.8 Å². The minimum Gasteiger partial charge on any atom is -0.443 e. The van der Waals surface area contributed by atoms with Crippen LogP contribution in [0.1, 0.15) is 92.1 Å². The van der Waals surface area contributed by atoms with E-state index < -0.39 is 17.1 Å². The first-order valence-corrected chi connectivity index (χ1v) is 13.9. The maximum Gasteiger partial charge on any atom is 0.421 e. The highest BCUT2D eigenvalue weighted by Gasteiger charge is 2.68. The molecular formula is C32H35N5O3. The van der Waals surface area contributed by atoms with Gasteiger partial charge in [0.1, 0.15) is 23.1 Å². The number of amidine groups is 1. The Morgan fingerprint density at radius 3 is 2.65 bits per heavy atom. The quantitative estimate of drug-likeness (QED) is 0.421. The molecule has 3 aromatic rings. The van der Waals surface area contributed by atoms with Gasteiger partial charge in [-0.2, -0.15) is 0 Å². The fraction of sp³-hybridized carbons (Fsp3) is 0.406. The lowest BCUT2D eigenvalue weighted by molar-refractivity contribution is -0.120. The van der Waals surface area contributed by atoms with Crippen LogP contribution in [0.3, 0.4) is 0 Å². The van der Waals surface area contributed by atoms with E-state index in [2.05, 4.69) is 42.3 Å². The summed E-state index contributed by atoms with van der Waals surface area (Å²) < 4.78 is 5.63. The van der Waals surface area contributed by atoms with Crippen LogP contribution in [0, 0.1) is 13.8 Å². The molecule has 2 amide bonds. The van der Waals surface area contributed by atoms with E-state index in [1.807, 2.05) is 59.0 Å². The molecule has 2 aromatic carbocycles. The average Bonchev–Trinajstić information content (AvgIpc) is 3.45. The summed E-state index contributed by atoms with van der Waals surface area (Å²) in [6.45, 7) is 14.1. The number of fused-ring (bicyclic) bond motifs is 3. The van der Waals surface area contributed by atoms with Crippen LogP contribution in [0.25, 0.3) is 0 Å². The normalized spacial score (nSPS) is 21.0. The van der Waals surface area contributed by atoms with E-state index in [-0.39, 0.29) is 17.7 Å². The van der Waals surface area contributed by atoms with Crippen molar-refractivity contribution in [1.82, 2.24) is 9.97 Å². The van der Waals surface area contributed by atoms with E-state index in [1.54, 1.807) is 0 Å². The van der Waals surface area contributed by atoms with Gasteiger partial charge in [-0.3, -0.25) is 9.79 Å². The number of ether oxygens (including phenoxy) is 1. The molecule has 8 heteroatoms. The molecule has 0 unspecified atom stereocenters. The third kappa shape index (κ3) is 4.17. The van der Waals surface area contributed by atoms with Crippen LogP contribution in [0.15, 0.2) is 47.6 Å². The molecule has 1 N–H and O–H groups in total. The Morgan fingerprint density at radius 2 is 1.93 bits per heavy atom. The summed E-state index contributed by atoms with van der Waals surface area (Å²) >= 11 is 0. The summed E-state index contributed by atoms with van der Waals surface area (Å²) in [6.07, 6.45) is 1.88. The Kier molecular flexibility index (Phi) is 5.87. The smallest absolute Gasteiger partial charge is 0.421 e. The number of nitrogens with zero attached hydrogens (tertiary/aromatic N) is 4. The average molecular weight is 538 g/mol. The Balaban J connectivity index is 1.28. The molecule has 1 aromatic heterocycles. The molecule has 0 radical (unpaired) electrons. The number of benzene rings is 2. The fourth-order valence-corrected chi connectivity index (χ4v) is 5.84. The van der Waals surface area contributed by atoms with Crippen molar-refractivity contribution in [1.29, 1.82) is 0 Å². The predicted molar refractivity (Wildman–Crippen MR) is 155 cm³/mol. The Bertz CT molecular complexity index is 1600. The van der Waals surface area contributed by atoms with Gasteiger partial charge in [-0.25, -0.2) is 19.7 Å². The molecule has 2 atom stereocenters. The molecular weight excluding hydrogens is 502 g/mol. The SMILES string of the molecule is Cc1ccc2c(c1)[C@]1(C[C@H]1c1ccc3c(c1)CN=C3Nc1nc(C(C)C)ncc1C)C(=O)N2C(=O)OC(C)(C)C. The van der Waals surface area contributed by atoms with Crippen molar-refractivity contribution < 1.29 is 14.3 Å². The summed E-state index contributed by atoms with van der Waals surface area (Å²) in [6, 6.07) is 12.2. The van der Waals surface area contributed by atoms with Crippen LogP contribution < -0.4 is 10.2 Å². The summed E-state index contributed by atoms with van der Waals surface area (Å²) in [7, 11) is 0. The first-order valence-electron chi connectivity index (χ1n) is 13.9. The van der Waals surface area contributed by atoms with E-state index in [4.69, 9.17) is 14.7 Å². The molecule has 6 rings (SSSR count). The zero-order chi connectivity index (χ0) is 28.6. The molecule has 2 aliphatic heterocycles. The van der Waals surface area contributed by atoms with Crippen LogP contribution in [-0.4, -0.2) is 33.4 Å². The molecule has 3 aliphatic rings. The zero-order valence-electron chi connectivity index (χ0n) is 24.1. The van der Waals surface area contributed by atoms with Crippen molar-refractivity contribution in [3.63, 3.8) is 0 Å². The molecule has 1 spiro atoms. The maximum atomic E-state index is 13.9. The number of nitrogens with one attached hydrogen (secondary N) is 1. The van der Waals surface area contributed by atoms with E-state index in [1.165, 1.54) is 4.90 Å². The number of anilines is 2. The monoisotopic (exact) mass is 537 g/mol. The number of amides is 2. The number of hydrogen-bond donors (Lipinski definition) is 1. The largest absolute Gasteiger partial charge is 0.443 e. The van der Waals surface area contributed by atoms with Crippen molar-refractivity contribution in [3.8, 4) is 0 Å². The second-order valence-electron chi connectivity index (χ2n) is 12.5. The highest BCUT2D eigenvalue weighted by molar-refractivity contribution is 6.23. The number of carbonyl (C=O) groups excluding carboxylic acids is 2. The summed E-state index contributed by atoms with van der Waals surface area (Å²) in [5, 5.41) is 3.42. The minimum atomic E-state index is -0.752. The Hall–Kier alpha value is -4.07. The van der Waals surface area contributed by atoms with Crippen molar-refractivity contribution in [2.24, 2.45) is 4.99 Å². The second-order valence-corrected chi connectivity index (χ2v) is 12.5. The highest BCUT2D eigenvalue weighted by Crippen LogP contribution is 2.66. The van der Waals surface area contributed by atoms with Gasteiger partial charge in [-0.1, -0.05) is 49.7 Å². The number of rotatable bonds is 3. The van der Waals surface area contributed by atoms with Crippen LogP contribution in [-0.2, 0) is 21.5 Å². The van der Waals surface area contributed by atoms with Crippen LogP contribution in [0.2, 0.25) is 0 Å². The van der Waals surface area contributed by atoms with Gasteiger partial charge in [0.05, 0.1) is 17.6 Å². The van der Waals surface area contributed by atoms with E-state index in [0.717, 1.165) is 50.9 Å². The van der Waals surface area contributed by atoms with Crippen molar-refractivity contribution in [2.75, 3.05) is 10.2 Å². The third-order valence-electron chi connectivity index (χ3n) is 7.93. The van der Waals surface area contributed by atoms with Gasteiger partial charge in [0.15, 0.2) is 0 Å². The Morgan fingerprint density at radius 1 is 1.15 bits per heavy atom. The minimum absolute atomic E-state index is 0.0204. The van der Waals surface area contributed by atoms with E-state index in [9.17, 15) is 9.59 Å². The molecule has 0 bridgehead atoms. The maximum absolute atomic E-state index is 13.9. The second kappa shape index (κ2) is 8.98. The molecule has 1 saturated carbocycles. The third-order valence-corrected chi connectivity index (χ3v) is 7.93. The van der Waals surface area contributed by atoms with Gasteiger partial charge in [-0.05, 0) is 63.8 Å². The molecule has 8 nitrogen and oxygen atoms in total. The molecule has 3 heterocycles. The van der Waals surface area contributed by atoms with Gasteiger partial charge >= 0.3 is 6.09 Å². The molecule has 40 heavy (non-hydrogen) atoms. The van der Waals surface area contributed by atoms with Gasteiger partial charge in [0.2, 0.25) is 5.91 Å². The predicted octanol–water partition coefficient (Wildman–Crippen LogP) is 6.30. The number of hydrogen-bond acceptors (Lipinski definition) is 7. The molecule has 0 saturated heterocycles. The number of aromatic nitrogens is 2. The van der Waals surface area contributed by atoms with Gasteiger partial charge < -0.3 is 10.1 Å². The first-order chi connectivity index (χ1) is 18.9. The molecule has 206 valence electrons. The van der Waals surface area contributed by atoms with Crippen LogP contribution in [0.4, 0.5) is 16.3 Å². The lowest BCUT2D eigenvalue weighted by atomic mass is 9.90. The van der Waals surface area contributed by atoms with Crippen LogP contribution in [0.5, 0.6) is 0 Å². The van der Waals surface area contributed by atoms with Crippen molar-refractivity contribution in [3.05, 3.63) is 81.8 Å². The fourth-order valence-electron chi connectivity index (χ4n) is 5.84. The summed E-state index contributed by atoms with van der Waals surface area (Å²) in [5.41, 5.74) is 5.33. The number of carbonyl (C=O) groups is 2. The number of imide groups is 1. The van der Waals surface area contributed by atoms with Crippen molar-refractivity contribution >= 4 is 29.3 Å². The van der Waals surface area contributed by atoms with E-state index >= 15 is 0 Å². The Labute approximate surface area is 234 Å². The number of aryl methyl sites for hydroxylation is 2. The van der Waals surface area contributed by atoms with Gasteiger partial charge in [0.25, 0.3) is 0 Å². The summed E-state index contributed by atoms with van der Waals surface area (Å²) in [5.74, 6) is 2.35. The van der Waals surface area contributed by atoms with Gasteiger partial charge in [0, 0.05) is 29.2 Å². The zero-order valence-corrected chi connectivity index (χ0v) is 24.1.